The van der Waals surface area contributed by atoms with Crippen molar-refractivity contribution in [1.82, 2.24) is 0 Å². The zero-order valence-electron chi connectivity index (χ0n) is 11.6. The lowest BCUT2D eigenvalue weighted by atomic mass is 9.54. The van der Waals surface area contributed by atoms with E-state index in [-0.39, 0.29) is 0 Å². The average Bonchev–Trinajstić information content (AvgIpc) is 2.80. The molecule has 4 saturated carbocycles. The van der Waals surface area contributed by atoms with E-state index in [0.717, 1.165) is 49.9 Å². The van der Waals surface area contributed by atoms with Gasteiger partial charge < -0.3 is 0 Å². The standard InChI is InChI=1S/C17H24O2/c18-11-2-4-12-10(9-11)1-3-14-13(12)5-6-16-15(14)7-8-17(16)19/h10,12-16H,1-9H2/t10-,12-,13+,14+,15-,16-/m0/s1. The van der Waals surface area contributed by atoms with Gasteiger partial charge in [0.25, 0.3) is 0 Å². The van der Waals surface area contributed by atoms with Gasteiger partial charge in [0.1, 0.15) is 11.6 Å². The van der Waals surface area contributed by atoms with E-state index in [1.165, 1.54) is 25.7 Å². The largest absolute Gasteiger partial charge is 0.300 e. The van der Waals surface area contributed by atoms with Gasteiger partial charge in [-0.2, -0.15) is 0 Å². The first-order chi connectivity index (χ1) is 9.24. The summed E-state index contributed by atoms with van der Waals surface area (Å²) in [6.07, 6.45) is 9.84. The Labute approximate surface area is 115 Å². The van der Waals surface area contributed by atoms with Crippen molar-refractivity contribution in [2.24, 2.45) is 35.5 Å². The minimum absolute atomic E-state index is 0.419. The number of hydrogen-bond acceptors (Lipinski definition) is 2. The van der Waals surface area contributed by atoms with Crippen molar-refractivity contribution in [3.63, 3.8) is 0 Å². The molecule has 0 unspecified atom stereocenters. The molecule has 2 nitrogen and oxygen atoms in total. The molecular weight excluding hydrogens is 236 g/mol. The summed E-state index contributed by atoms with van der Waals surface area (Å²) in [6, 6.07) is 0. The van der Waals surface area contributed by atoms with Crippen molar-refractivity contribution < 1.29 is 9.59 Å². The van der Waals surface area contributed by atoms with Gasteiger partial charge in [0.05, 0.1) is 0 Å². The third-order valence-electron chi connectivity index (χ3n) is 6.84. The van der Waals surface area contributed by atoms with Crippen LogP contribution in [0.25, 0.3) is 0 Å². The molecule has 0 radical (unpaired) electrons. The second kappa shape index (κ2) is 4.43. The van der Waals surface area contributed by atoms with Crippen LogP contribution in [0.2, 0.25) is 0 Å². The minimum atomic E-state index is 0.419. The highest BCUT2D eigenvalue weighted by molar-refractivity contribution is 5.83. The zero-order valence-corrected chi connectivity index (χ0v) is 11.6. The SMILES string of the molecule is O=C1CC[C@H]2[C@@H](CC[C@@H]3[C@@H]2CC[C@@H]2C(=O)CC[C@@H]32)C1. The van der Waals surface area contributed by atoms with Gasteiger partial charge in [0.2, 0.25) is 0 Å². The second-order valence-corrected chi connectivity index (χ2v) is 7.46. The van der Waals surface area contributed by atoms with E-state index in [1.807, 2.05) is 0 Å². The van der Waals surface area contributed by atoms with Gasteiger partial charge in [-0.15, -0.1) is 0 Å². The summed E-state index contributed by atoms with van der Waals surface area (Å²) in [5.41, 5.74) is 0. The van der Waals surface area contributed by atoms with Gasteiger partial charge in [-0.1, -0.05) is 0 Å². The van der Waals surface area contributed by atoms with Crippen LogP contribution >= 0.6 is 0 Å². The maximum Gasteiger partial charge on any atom is 0.136 e. The number of hydrogen-bond donors (Lipinski definition) is 0. The van der Waals surface area contributed by atoms with Gasteiger partial charge >= 0.3 is 0 Å². The van der Waals surface area contributed by atoms with Crippen LogP contribution in [0, 0.1) is 35.5 Å². The lowest BCUT2D eigenvalue weighted by Gasteiger charge is -2.51. The number of ketones is 2. The van der Waals surface area contributed by atoms with E-state index in [1.54, 1.807) is 0 Å². The summed E-state index contributed by atoms with van der Waals surface area (Å²) in [6.45, 7) is 0. The molecule has 0 aromatic carbocycles. The van der Waals surface area contributed by atoms with E-state index in [0.29, 0.717) is 29.3 Å². The molecule has 0 aromatic heterocycles. The Morgan fingerprint density at radius 2 is 1.42 bits per heavy atom. The molecule has 0 aliphatic heterocycles. The summed E-state index contributed by atoms with van der Waals surface area (Å²) in [5, 5.41) is 0. The summed E-state index contributed by atoms with van der Waals surface area (Å²) >= 11 is 0. The fraction of sp³-hybridized carbons (Fsp3) is 0.882. The second-order valence-electron chi connectivity index (χ2n) is 7.46. The maximum absolute atomic E-state index is 12.0. The lowest BCUT2D eigenvalue weighted by Crippen LogP contribution is -2.45. The molecule has 19 heavy (non-hydrogen) atoms. The zero-order chi connectivity index (χ0) is 13.0. The molecule has 4 rings (SSSR count). The topological polar surface area (TPSA) is 34.1 Å². The Bertz CT molecular complexity index is 413. The fourth-order valence-electron chi connectivity index (χ4n) is 6.08. The Hall–Kier alpha value is -0.660. The number of fused-ring (bicyclic) bond motifs is 5. The monoisotopic (exact) mass is 260 g/mol. The Balaban J connectivity index is 1.56. The molecule has 0 N–H and O–H groups in total. The van der Waals surface area contributed by atoms with Crippen LogP contribution in [0.5, 0.6) is 0 Å². The minimum Gasteiger partial charge on any atom is -0.300 e. The summed E-state index contributed by atoms with van der Waals surface area (Å²) in [4.78, 5) is 23.6. The molecular formula is C17H24O2. The first-order valence-electron chi connectivity index (χ1n) is 8.28. The van der Waals surface area contributed by atoms with Gasteiger partial charge in [0.15, 0.2) is 0 Å². The van der Waals surface area contributed by atoms with Crippen LogP contribution < -0.4 is 0 Å². The maximum atomic E-state index is 12.0. The van der Waals surface area contributed by atoms with Crippen LogP contribution in [0.15, 0.2) is 0 Å². The van der Waals surface area contributed by atoms with Crippen molar-refractivity contribution in [2.75, 3.05) is 0 Å². The van der Waals surface area contributed by atoms with Crippen LogP contribution in [-0.4, -0.2) is 11.6 Å². The molecule has 104 valence electrons. The first-order valence-corrected chi connectivity index (χ1v) is 8.28. The van der Waals surface area contributed by atoms with Crippen molar-refractivity contribution in [3.8, 4) is 0 Å². The van der Waals surface area contributed by atoms with Gasteiger partial charge in [0, 0.05) is 25.2 Å². The first kappa shape index (κ1) is 12.1. The molecule has 2 heteroatoms. The number of carbonyl (C=O) groups excluding carboxylic acids is 2. The molecule has 4 aliphatic carbocycles. The van der Waals surface area contributed by atoms with Gasteiger partial charge in [-0.05, 0) is 68.1 Å². The van der Waals surface area contributed by atoms with E-state index in [9.17, 15) is 9.59 Å². The number of Topliss-reactive ketones (excluding diaryl/α,β-unsaturated/α-hetero) is 2. The highest BCUT2D eigenvalue weighted by Crippen LogP contribution is 2.56. The molecule has 0 bridgehead atoms. The normalized spacial score (nSPS) is 49.5. The molecule has 6 atom stereocenters. The van der Waals surface area contributed by atoms with Gasteiger partial charge in [-0.25, -0.2) is 0 Å². The third-order valence-corrected chi connectivity index (χ3v) is 6.84. The predicted octanol–water partition coefficient (Wildman–Crippen LogP) is 3.39. The number of rotatable bonds is 0. The van der Waals surface area contributed by atoms with E-state index < -0.39 is 0 Å². The average molecular weight is 260 g/mol. The molecule has 0 aromatic rings. The third kappa shape index (κ3) is 1.82. The fourth-order valence-corrected chi connectivity index (χ4v) is 6.08. The molecule has 0 spiro atoms. The van der Waals surface area contributed by atoms with Crippen molar-refractivity contribution >= 4 is 11.6 Å². The smallest absolute Gasteiger partial charge is 0.136 e. The molecule has 4 fully saturated rings. The predicted molar refractivity (Wildman–Crippen MR) is 72.5 cm³/mol. The molecule has 0 amide bonds. The Kier molecular flexibility index (Phi) is 2.82. The lowest BCUT2D eigenvalue weighted by molar-refractivity contribution is -0.127. The number of carbonyl (C=O) groups is 2. The van der Waals surface area contributed by atoms with E-state index >= 15 is 0 Å². The highest BCUT2D eigenvalue weighted by atomic mass is 16.1. The Morgan fingerprint density at radius 1 is 0.684 bits per heavy atom. The van der Waals surface area contributed by atoms with Crippen LogP contribution in [0.4, 0.5) is 0 Å². The van der Waals surface area contributed by atoms with Crippen LogP contribution in [0.1, 0.15) is 57.8 Å². The Morgan fingerprint density at radius 3 is 2.32 bits per heavy atom. The van der Waals surface area contributed by atoms with Crippen molar-refractivity contribution in [3.05, 3.63) is 0 Å². The van der Waals surface area contributed by atoms with Gasteiger partial charge in [-0.3, -0.25) is 9.59 Å². The summed E-state index contributed by atoms with van der Waals surface area (Å²) < 4.78 is 0. The molecule has 0 saturated heterocycles. The molecule has 0 heterocycles. The summed E-state index contributed by atoms with van der Waals surface area (Å²) in [5.74, 6) is 5.37. The van der Waals surface area contributed by atoms with Crippen LogP contribution in [0.3, 0.4) is 0 Å². The van der Waals surface area contributed by atoms with E-state index in [2.05, 4.69) is 0 Å². The summed E-state index contributed by atoms with van der Waals surface area (Å²) in [7, 11) is 0. The van der Waals surface area contributed by atoms with Crippen molar-refractivity contribution in [1.29, 1.82) is 0 Å². The molecule has 4 aliphatic rings. The van der Waals surface area contributed by atoms with Crippen molar-refractivity contribution in [2.45, 2.75) is 57.8 Å². The highest BCUT2D eigenvalue weighted by Gasteiger charge is 2.51. The quantitative estimate of drug-likeness (QED) is 0.669. The van der Waals surface area contributed by atoms with Crippen LogP contribution in [-0.2, 0) is 9.59 Å². The van der Waals surface area contributed by atoms with E-state index in [4.69, 9.17) is 0 Å².